The summed E-state index contributed by atoms with van der Waals surface area (Å²) in [5.41, 5.74) is 0. The standard InChI is InChI=1S/C12H14O6/c1-16-11(14)9(12(15)17-2)7-4-3-6-5-8(13)18-10(6)7/h3-4,6-7,9-10H,5H2,1-2H3/t6-,7-,10+/m0/s1. The van der Waals surface area contributed by atoms with Crippen molar-refractivity contribution in [3.05, 3.63) is 12.2 Å². The number of rotatable bonds is 3. The summed E-state index contributed by atoms with van der Waals surface area (Å²) in [4.78, 5) is 34.6. The van der Waals surface area contributed by atoms with Crippen molar-refractivity contribution in [2.24, 2.45) is 17.8 Å². The molecule has 1 aliphatic carbocycles. The van der Waals surface area contributed by atoms with Gasteiger partial charge in [-0.25, -0.2) is 0 Å². The molecular formula is C12H14O6. The van der Waals surface area contributed by atoms with Crippen molar-refractivity contribution in [1.29, 1.82) is 0 Å². The molecule has 0 aromatic rings. The summed E-state index contributed by atoms with van der Waals surface area (Å²) in [6.45, 7) is 0. The number of esters is 3. The van der Waals surface area contributed by atoms with Crippen LogP contribution in [0.3, 0.4) is 0 Å². The lowest BCUT2D eigenvalue weighted by Gasteiger charge is -2.23. The zero-order valence-corrected chi connectivity index (χ0v) is 10.1. The first-order valence-corrected chi connectivity index (χ1v) is 5.62. The van der Waals surface area contributed by atoms with Crippen LogP contribution >= 0.6 is 0 Å². The Balaban J connectivity index is 2.22. The second kappa shape index (κ2) is 4.80. The van der Waals surface area contributed by atoms with Gasteiger partial charge < -0.3 is 14.2 Å². The Hall–Kier alpha value is -1.85. The third kappa shape index (κ3) is 1.98. The number of ether oxygens (including phenoxy) is 3. The number of hydrogen-bond donors (Lipinski definition) is 0. The molecule has 2 rings (SSSR count). The van der Waals surface area contributed by atoms with Gasteiger partial charge in [0.25, 0.3) is 0 Å². The van der Waals surface area contributed by atoms with Gasteiger partial charge in [0.05, 0.1) is 20.6 Å². The van der Waals surface area contributed by atoms with Crippen molar-refractivity contribution in [2.45, 2.75) is 12.5 Å². The highest BCUT2D eigenvalue weighted by atomic mass is 16.6. The van der Waals surface area contributed by atoms with Crippen molar-refractivity contribution in [1.82, 2.24) is 0 Å². The van der Waals surface area contributed by atoms with Crippen LogP contribution in [0.1, 0.15) is 6.42 Å². The van der Waals surface area contributed by atoms with Gasteiger partial charge in [-0.15, -0.1) is 0 Å². The summed E-state index contributed by atoms with van der Waals surface area (Å²) in [6, 6.07) is 0. The predicted octanol–water partition coefficient (Wildman–Crippen LogP) is 0.0663. The quantitative estimate of drug-likeness (QED) is 0.307. The molecule has 0 aromatic carbocycles. The molecule has 0 aromatic heterocycles. The molecule has 0 spiro atoms. The maximum absolute atomic E-state index is 11.7. The molecule has 0 N–H and O–H groups in total. The number of hydrogen-bond acceptors (Lipinski definition) is 6. The highest BCUT2D eigenvalue weighted by Crippen LogP contribution is 2.39. The highest BCUT2D eigenvalue weighted by molar-refractivity contribution is 5.95. The first-order chi connectivity index (χ1) is 8.58. The van der Waals surface area contributed by atoms with E-state index in [0.717, 1.165) is 0 Å². The maximum atomic E-state index is 11.7. The van der Waals surface area contributed by atoms with Gasteiger partial charge in [-0.2, -0.15) is 0 Å². The van der Waals surface area contributed by atoms with Crippen molar-refractivity contribution < 1.29 is 28.6 Å². The van der Waals surface area contributed by atoms with Crippen LogP contribution in [0, 0.1) is 17.8 Å². The number of carbonyl (C=O) groups excluding carboxylic acids is 3. The molecule has 1 saturated heterocycles. The van der Waals surface area contributed by atoms with E-state index >= 15 is 0 Å². The Morgan fingerprint density at radius 1 is 1.28 bits per heavy atom. The lowest BCUT2D eigenvalue weighted by molar-refractivity contribution is -0.164. The van der Waals surface area contributed by atoms with E-state index in [9.17, 15) is 14.4 Å². The van der Waals surface area contributed by atoms with Gasteiger partial charge in [-0.1, -0.05) is 12.2 Å². The minimum absolute atomic E-state index is 0.0701. The van der Waals surface area contributed by atoms with Crippen molar-refractivity contribution >= 4 is 17.9 Å². The molecule has 18 heavy (non-hydrogen) atoms. The molecule has 0 amide bonds. The van der Waals surface area contributed by atoms with Gasteiger partial charge in [0, 0.05) is 11.8 Å². The monoisotopic (exact) mass is 254 g/mol. The van der Waals surface area contributed by atoms with Gasteiger partial charge >= 0.3 is 17.9 Å². The second-order valence-corrected chi connectivity index (χ2v) is 4.31. The van der Waals surface area contributed by atoms with E-state index in [1.54, 1.807) is 12.2 Å². The lowest BCUT2D eigenvalue weighted by atomic mass is 9.87. The summed E-state index contributed by atoms with van der Waals surface area (Å²) in [5.74, 6) is -3.34. The first-order valence-electron chi connectivity index (χ1n) is 5.62. The van der Waals surface area contributed by atoms with Crippen LogP contribution in [-0.4, -0.2) is 38.2 Å². The second-order valence-electron chi connectivity index (χ2n) is 4.31. The summed E-state index contributed by atoms with van der Waals surface area (Å²) in [7, 11) is 2.41. The predicted molar refractivity (Wildman–Crippen MR) is 58.1 cm³/mol. The van der Waals surface area contributed by atoms with Crippen molar-refractivity contribution in [3.8, 4) is 0 Å². The van der Waals surface area contributed by atoms with E-state index in [1.807, 2.05) is 0 Å². The van der Waals surface area contributed by atoms with E-state index in [1.165, 1.54) is 14.2 Å². The highest BCUT2D eigenvalue weighted by Gasteiger charge is 2.49. The Bertz CT molecular complexity index is 397. The minimum atomic E-state index is -1.09. The Labute approximate surface area is 104 Å². The van der Waals surface area contributed by atoms with E-state index in [-0.39, 0.29) is 18.3 Å². The molecule has 1 heterocycles. The number of methoxy groups -OCH3 is 2. The average molecular weight is 254 g/mol. The fourth-order valence-electron chi connectivity index (χ4n) is 2.48. The van der Waals surface area contributed by atoms with E-state index in [2.05, 4.69) is 9.47 Å². The van der Waals surface area contributed by atoms with Crippen LogP contribution in [0.4, 0.5) is 0 Å². The van der Waals surface area contributed by atoms with Gasteiger partial charge in [0.1, 0.15) is 6.10 Å². The third-order valence-corrected chi connectivity index (χ3v) is 3.35. The third-order valence-electron chi connectivity index (χ3n) is 3.35. The number of fused-ring (bicyclic) bond motifs is 1. The molecule has 0 bridgehead atoms. The molecule has 98 valence electrons. The van der Waals surface area contributed by atoms with Crippen LogP contribution < -0.4 is 0 Å². The summed E-state index contributed by atoms with van der Waals surface area (Å²) >= 11 is 0. The fraction of sp³-hybridized carbons (Fsp3) is 0.583. The summed E-state index contributed by atoms with van der Waals surface area (Å²) in [6.07, 6.45) is 3.34. The average Bonchev–Trinajstić information content (AvgIpc) is 2.89. The van der Waals surface area contributed by atoms with Gasteiger partial charge in [0.15, 0.2) is 5.92 Å². The molecule has 3 atom stereocenters. The smallest absolute Gasteiger partial charge is 0.320 e. The summed E-state index contributed by atoms with van der Waals surface area (Å²) < 4.78 is 14.4. The normalized spacial score (nSPS) is 29.1. The van der Waals surface area contributed by atoms with Crippen molar-refractivity contribution in [2.75, 3.05) is 14.2 Å². The van der Waals surface area contributed by atoms with E-state index in [0.29, 0.717) is 0 Å². The summed E-state index contributed by atoms with van der Waals surface area (Å²) in [5, 5.41) is 0. The molecule has 0 saturated carbocycles. The van der Waals surface area contributed by atoms with E-state index in [4.69, 9.17) is 4.74 Å². The van der Waals surface area contributed by atoms with Gasteiger partial charge in [-0.05, 0) is 0 Å². The first kappa shape index (κ1) is 12.6. The van der Waals surface area contributed by atoms with Crippen LogP contribution in [-0.2, 0) is 28.6 Å². The lowest BCUT2D eigenvalue weighted by Crippen LogP contribution is -2.38. The molecular weight excluding hydrogens is 240 g/mol. The molecule has 0 unspecified atom stereocenters. The molecule has 2 aliphatic rings. The number of carbonyl (C=O) groups is 3. The van der Waals surface area contributed by atoms with Gasteiger partial charge in [-0.3, -0.25) is 14.4 Å². The van der Waals surface area contributed by atoms with Gasteiger partial charge in [0.2, 0.25) is 0 Å². The molecule has 1 aliphatic heterocycles. The van der Waals surface area contributed by atoms with Crippen LogP contribution in [0.25, 0.3) is 0 Å². The molecule has 1 fully saturated rings. The zero-order valence-electron chi connectivity index (χ0n) is 10.1. The maximum Gasteiger partial charge on any atom is 0.320 e. The molecule has 0 radical (unpaired) electrons. The largest absolute Gasteiger partial charge is 0.468 e. The van der Waals surface area contributed by atoms with Crippen LogP contribution in [0.15, 0.2) is 12.2 Å². The van der Waals surface area contributed by atoms with Crippen LogP contribution in [0.5, 0.6) is 0 Å². The Kier molecular flexibility index (Phi) is 3.36. The minimum Gasteiger partial charge on any atom is -0.468 e. The zero-order chi connectivity index (χ0) is 13.3. The Morgan fingerprint density at radius 3 is 2.44 bits per heavy atom. The van der Waals surface area contributed by atoms with Crippen molar-refractivity contribution in [3.63, 3.8) is 0 Å². The molecule has 6 heteroatoms. The van der Waals surface area contributed by atoms with Crippen LogP contribution in [0.2, 0.25) is 0 Å². The fourth-order valence-corrected chi connectivity index (χ4v) is 2.48. The SMILES string of the molecule is COC(=O)C(C(=O)OC)[C@@H]1C=C[C@H]2CC(=O)O[C@H]21. The molecule has 6 nitrogen and oxygen atoms in total. The Morgan fingerprint density at radius 2 is 1.89 bits per heavy atom. The topological polar surface area (TPSA) is 78.9 Å². The van der Waals surface area contributed by atoms with E-state index < -0.39 is 29.9 Å².